The van der Waals surface area contributed by atoms with E-state index in [0.29, 0.717) is 12.8 Å². The van der Waals surface area contributed by atoms with Gasteiger partial charge in [0, 0.05) is 12.0 Å². The molecule has 186 valence electrons. The van der Waals surface area contributed by atoms with Crippen LogP contribution in [0.1, 0.15) is 49.1 Å². The van der Waals surface area contributed by atoms with E-state index in [9.17, 15) is 23.2 Å². The van der Waals surface area contributed by atoms with Gasteiger partial charge in [-0.2, -0.15) is 0 Å². The molecule has 3 unspecified atom stereocenters. The number of carbonyl (C=O) groups excluding carboxylic acids is 2. The number of halogens is 2. The van der Waals surface area contributed by atoms with E-state index in [-0.39, 0.29) is 30.9 Å². The molecule has 2 aliphatic carbocycles. The molecular formula is C26H28F2N2O5. The zero-order valence-corrected chi connectivity index (χ0v) is 19.1. The van der Waals surface area contributed by atoms with Crippen LogP contribution >= 0.6 is 0 Å². The third kappa shape index (κ3) is 5.78. The van der Waals surface area contributed by atoms with Crippen molar-refractivity contribution < 1.29 is 33.0 Å². The molecule has 3 atom stereocenters. The Morgan fingerprint density at radius 3 is 2.23 bits per heavy atom. The van der Waals surface area contributed by atoms with Gasteiger partial charge >= 0.3 is 12.1 Å². The van der Waals surface area contributed by atoms with Gasteiger partial charge < -0.3 is 20.5 Å². The predicted octanol–water partition coefficient (Wildman–Crippen LogP) is 4.31. The Labute approximate surface area is 201 Å². The smallest absolute Gasteiger partial charge is 0.407 e. The number of carbonyl (C=O) groups is 3. The summed E-state index contributed by atoms with van der Waals surface area (Å²) in [4.78, 5) is 35.8. The molecule has 0 aliphatic heterocycles. The average molecular weight is 487 g/mol. The van der Waals surface area contributed by atoms with E-state index in [1.807, 2.05) is 48.5 Å². The summed E-state index contributed by atoms with van der Waals surface area (Å²) in [5, 5.41) is 13.8. The molecular weight excluding hydrogens is 458 g/mol. The molecule has 0 aromatic heterocycles. The molecule has 2 aliphatic rings. The number of fused-ring (bicyclic) bond motifs is 3. The van der Waals surface area contributed by atoms with Crippen LogP contribution in [0.15, 0.2) is 48.5 Å². The molecule has 1 fully saturated rings. The molecule has 4 rings (SSSR count). The number of alkyl halides is 2. The van der Waals surface area contributed by atoms with Gasteiger partial charge in [-0.3, -0.25) is 9.59 Å². The molecule has 7 nitrogen and oxygen atoms in total. The second kappa shape index (κ2) is 10.8. The van der Waals surface area contributed by atoms with Crippen LogP contribution in [0.2, 0.25) is 0 Å². The monoisotopic (exact) mass is 486 g/mol. The standard InChI is InChI=1S/C26H28F2N2O5/c27-25(28)22(13-23(31)29-21-11-5-6-15(21)12-24(32)33)30-26(34)35-14-20-18-9-3-1-7-16(18)17-8-2-4-10-19(17)20/h1-4,7-10,15,20-22,25H,5-6,11-14H2,(H,29,31)(H,30,34)(H,32,33). The zero-order chi connectivity index (χ0) is 24.9. The number of aliphatic carboxylic acids is 1. The van der Waals surface area contributed by atoms with E-state index < -0.39 is 36.9 Å². The topological polar surface area (TPSA) is 105 Å². The lowest BCUT2D eigenvalue weighted by Gasteiger charge is -2.22. The average Bonchev–Trinajstić information content (AvgIpc) is 3.38. The summed E-state index contributed by atoms with van der Waals surface area (Å²) in [6.07, 6.45) is -2.68. The highest BCUT2D eigenvalue weighted by Gasteiger charge is 2.33. The Morgan fingerprint density at radius 1 is 1.00 bits per heavy atom. The summed E-state index contributed by atoms with van der Waals surface area (Å²) in [6.45, 7) is -0.0268. The van der Waals surface area contributed by atoms with Crippen molar-refractivity contribution in [1.29, 1.82) is 0 Å². The lowest BCUT2D eigenvalue weighted by molar-refractivity contribution is -0.138. The number of carboxylic acid groups (broad SMARTS) is 1. The lowest BCUT2D eigenvalue weighted by Crippen LogP contribution is -2.46. The van der Waals surface area contributed by atoms with Crippen LogP contribution in [0.25, 0.3) is 11.1 Å². The Balaban J connectivity index is 1.32. The number of benzene rings is 2. The van der Waals surface area contributed by atoms with Crippen LogP contribution in [0.4, 0.5) is 13.6 Å². The Morgan fingerprint density at radius 2 is 1.63 bits per heavy atom. The number of hydrogen-bond donors (Lipinski definition) is 3. The van der Waals surface area contributed by atoms with E-state index in [1.54, 1.807) is 0 Å². The lowest BCUT2D eigenvalue weighted by atomic mass is 9.98. The van der Waals surface area contributed by atoms with Crippen LogP contribution < -0.4 is 10.6 Å². The molecule has 2 amide bonds. The highest BCUT2D eigenvalue weighted by molar-refractivity contribution is 5.80. The number of hydrogen-bond acceptors (Lipinski definition) is 4. The SMILES string of the molecule is O=C(O)CC1CCCC1NC(=O)CC(NC(=O)OCC1c2ccccc2-c2ccccc21)C(F)F. The minimum atomic E-state index is -2.97. The fourth-order valence-electron chi connectivity index (χ4n) is 5.16. The van der Waals surface area contributed by atoms with Gasteiger partial charge in [-0.25, -0.2) is 13.6 Å². The summed E-state index contributed by atoms with van der Waals surface area (Å²) < 4.78 is 32.5. The summed E-state index contributed by atoms with van der Waals surface area (Å²) >= 11 is 0. The third-order valence-corrected chi connectivity index (χ3v) is 6.80. The van der Waals surface area contributed by atoms with Crippen LogP contribution in [0, 0.1) is 5.92 Å². The summed E-state index contributed by atoms with van der Waals surface area (Å²) in [7, 11) is 0. The minimum Gasteiger partial charge on any atom is -0.481 e. The molecule has 0 spiro atoms. The molecule has 2 aromatic carbocycles. The van der Waals surface area contributed by atoms with Crippen LogP contribution in [0.3, 0.4) is 0 Å². The number of rotatable bonds is 9. The van der Waals surface area contributed by atoms with Crippen molar-refractivity contribution in [3.63, 3.8) is 0 Å². The number of alkyl carbamates (subject to hydrolysis) is 1. The summed E-state index contributed by atoms with van der Waals surface area (Å²) in [6, 6.07) is 13.5. The maximum Gasteiger partial charge on any atom is 0.407 e. The van der Waals surface area contributed by atoms with Crippen molar-refractivity contribution in [3.8, 4) is 11.1 Å². The van der Waals surface area contributed by atoms with Gasteiger partial charge in [-0.15, -0.1) is 0 Å². The van der Waals surface area contributed by atoms with Gasteiger partial charge in [-0.05, 0) is 41.0 Å². The van der Waals surface area contributed by atoms with Gasteiger partial charge in [-0.1, -0.05) is 55.0 Å². The molecule has 0 bridgehead atoms. The van der Waals surface area contributed by atoms with Gasteiger partial charge in [0.15, 0.2) is 0 Å². The first-order valence-electron chi connectivity index (χ1n) is 11.7. The highest BCUT2D eigenvalue weighted by Crippen LogP contribution is 2.44. The fourth-order valence-corrected chi connectivity index (χ4v) is 5.16. The Kier molecular flexibility index (Phi) is 7.63. The largest absolute Gasteiger partial charge is 0.481 e. The molecule has 0 heterocycles. The third-order valence-electron chi connectivity index (χ3n) is 6.80. The van der Waals surface area contributed by atoms with E-state index >= 15 is 0 Å². The van der Waals surface area contributed by atoms with Crippen molar-refractivity contribution in [1.82, 2.24) is 10.6 Å². The fraction of sp³-hybridized carbons (Fsp3) is 0.423. The molecule has 3 N–H and O–H groups in total. The highest BCUT2D eigenvalue weighted by atomic mass is 19.3. The van der Waals surface area contributed by atoms with Crippen LogP contribution in [-0.4, -0.2) is 48.2 Å². The van der Waals surface area contributed by atoms with E-state index in [1.165, 1.54) is 0 Å². The van der Waals surface area contributed by atoms with Gasteiger partial charge in [0.05, 0.1) is 12.8 Å². The van der Waals surface area contributed by atoms with Gasteiger partial charge in [0.25, 0.3) is 6.43 Å². The summed E-state index contributed by atoms with van der Waals surface area (Å²) in [5.41, 5.74) is 4.09. The van der Waals surface area contributed by atoms with Gasteiger partial charge in [0.1, 0.15) is 12.6 Å². The first-order valence-corrected chi connectivity index (χ1v) is 11.7. The maximum atomic E-state index is 13.6. The second-order valence-electron chi connectivity index (χ2n) is 9.08. The molecule has 2 aromatic rings. The number of amides is 2. The second-order valence-corrected chi connectivity index (χ2v) is 9.08. The van der Waals surface area contributed by atoms with Crippen LogP contribution in [0.5, 0.6) is 0 Å². The van der Waals surface area contributed by atoms with E-state index in [4.69, 9.17) is 9.84 Å². The quantitative estimate of drug-likeness (QED) is 0.490. The van der Waals surface area contributed by atoms with E-state index in [2.05, 4.69) is 10.6 Å². The first kappa shape index (κ1) is 24.6. The number of ether oxygens (including phenoxy) is 1. The first-order chi connectivity index (χ1) is 16.8. The van der Waals surface area contributed by atoms with Crippen molar-refractivity contribution in [2.45, 2.75) is 56.5 Å². The van der Waals surface area contributed by atoms with Crippen molar-refractivity contribution in [2.75, 3.05) is 6.61 Å². The normalized spacial score (nSPS) is 19.6. The Hall–Kier alpha value is -3.49. The number of nitrogens with one attached hydrogen (secondary N) is 2. The molecule has 0 radical (unpaired) electrons. The molecule has 35 heavy (non-hydrogen) atoms. The maximum absolute atomic E-state index is 13.6. The minimum absolute atomic E-state index is 0.0268. The van der Waals surface area contributed by atoms with Crippen molar-refractivity contribution in [2.24, 2.45) is 5.92 Å². The summed E-state index contributed by atoms with van der Waals surface area (Å²) in [5.74, 6) is -2.05. The van der Waals surface area contributed by atoms with Crippen molar-refractivity contribution >= 4 is 18.0 Å². The van der Waals surface area contributed by atoms with Crippen LogP contribution in [-0.2, 0) is 14.3 Å². The predicted molar refractivity (Wildman–Crippen MR) is 124 cm³/mol. The van der Waals surface area contributed by atoms with E-state index in [0.717, 1.165) is 28.7 Å². The number of carboxylic acids is 1. The molecule has 9 heteroatoms. The van der Waals surface area contributed by atoms with Crippen molar-refractivity contribution in [3.05, 3.63) is 59.7 Å². The molecule has 0 saturated heterocycles. The zero-order valence-electron chi connectivity index (χ0n) is 19.1. The Bertz CT molecular complexity index is 1050. The molecule has 1 saturated carbocycles. The van der Waals surface area contributed by atoms with Gasteiger partial charge in [0.2, 0.25) is 5.91 Å².